The van der Waals surface area contributed by atoms with E-state index in [9.17, 15) is 4.79 Å². The topological polar surface area (TPSA) is 60.0 Å². The third-order valence-electron chi connectivity index (χ3n) is 7.26. The third-order valence-corrected chi connectivity index (χ3v) is 7.73. The molecule has 1 aliphatic heterocycles. The van der Waals surface area contributed by atoms with Crippen LogP contribution in [0, 0.1) is 0 Å². The van der Waals surface area contributed by atoms with E-state index in [4.69, 9.17) is 37.4 Å². The quantitative estimate of drug-likeness (QED) is 0.193. The largest absolute Gasteiger partial charge is 0.497 e. The summed E-state index contributed by atoms with van der Waals surface area (Å²) in [5.41, 5.74) is 4.82. The van der Waals surface area contributed by atoms with Crippen LogP contribution in [-0.4, -0.2) is 26.8 Å². The van der Waals surface area contributed by atoms with E-state index in [0.717, 1.165) is 39.7 Å². The van der Waals surface area contributed by atoms with Gasteiger partial charge in [-0.25, -0.2) is 4.79 Å². The first-order valence-electron chi connectivity index (χ1n) is 13.7. The molecule has 0 spiro atoms. The first-order chi connectivity index (χ1) is 20.4. The lowest BCUT2D eigenvalue weighted by atomic mass is 9.84. The second-order valence-corrected chi connectivity index (χ2v) is 10.7. The Bertz CT molecular complexity index is 1570. The van der Waals surface area contributed by atoms with Gasteiger partial charge in [0.25, 0.3) is 0 Å². The van der Waals surface area contributed by atoms with Crippen molar-refractivity contribution in [1.29, 1.82) is 0 Å². The number of esters is 1. The van der Waals surface area contributed by atoms with E-state index < -0.39 is 12.0 Å². The molecule has 0 amide bonds. The van der Waals surface area contributed by atoms with Gasteiger partial charge in [-0.2, -0.15) is 0 Å². The second-order valence-electron chi connectivity index (χ2n) is 9.80. The number of nitrogens with zero attached hydrogens (tertiary/aromatic N) is 1. The molecule has 2 atom stereocenters. The molecule has 42 heavy (non-hydrogen) atoms. The molecule has 0 radical (unpaired) electrons. The summed E-state index contributed by atoms with van der Waals surface area (Å²) >= 11 is 13.1. The molecular weight excluding hydrogens is 571 g/mol. The van der Waals surface area contributed by atoms with E-state index in [2.05, 4.69) is 16.3 Å². The summed E-state index contributed by atoms with van der Waals surface area (Å²) < 4.78 is 16.5. The number of hydrogen-bond donors (Lipinski definition) is 1. The normalized spacial score (nSPS) is 16.6. The summed E-state index contributed by atoms with van der Waals surface area (Å²) in [7, 11) is 3.27. The number of nitrogens with one attached hydrogen (secondary N) is 1. The van der Waals surface area contributed by atoms with E-state index in [1.54, 1.807) is 14.2 Å². The molecule has 1 aliphatic rings. The maximum Gasteiger partial charge on any atom is 0.338 e. The van der Waals surface area contributed by atoms with Crippen molar-refractivity contribution in [3.63, 3.8) is 0 Å². The Morgan fingerprint density at radius 3 is 1.98 bits per heavy atom. The number of halogens is 2. The summed E-state index contributed by atoms with van der Waals surface area (Å²) in [6.07, 6.45) is 0.476. The van der Waals surface area contributed by atoms with Crippen molar-refractivity contribution in [3.8, 4) is 11.5 Å². The average Bonchev–Trinajstić information content (AvgIpc) is 3.01. The Kier molecular flexibility index (Phi) is 9.25. The van der Waals surface area contributed by atoms with E-state index in [-0.39, 0.29) is 12.6 Å². The zero-order valence-corrected chi connectivity index (χ0v) is 25.2. The Labute approximate surface area is 256 Å². The fourth-order valence-corrected chi connectivity index (χ4v) is 5.77. The molecular formula is C34H32Cl2N2O4. The predicted molar refractivity (Wildman–Crippen MR) is 169 cm³/mol. The number of rotatable bonds is 9. The minimum atomic E-state index is -0.547. The molecule has 0 saturated carbocycles. The molecule has 5 rings (SSSR count). The Morgan fingerprint density at radius 2 is 1.40 bits per heavy atom. The number of hydrogen-bond acceptors (Lipinski definition) is 6. The minimum Gasteiger partial charge on any atom is -0.497 e. The van der Waals surface area contributed by atoms with Gasteiger partial charge in [-0.3, -0.25) is 0 Å². The molecule has 0 aliphatic carbocycles. The lowest BCUT2D eigenvalue weighted by Crippen LogP contribution is -2.41. The summed E-state index contributed by atoms with van der Waals surface area (Å²) in [5.74, 6) is 1.07. The van der Waals surface area contributed by atoms with Crippen molar-refractivity contribution in [3.05, 3.63) is 130 Å². The minimum absolute atomic E-state index is 0.208. The Balaban J connectivity index is 1.77. The highest BCUT2D eigenvalue weighted by atomic mass is 35.5. The van der Waals surface area contributed by atoms with Crippen LogP contribution in [0.2, 0.25) is 10.0 Å². The van der Waals surface area contributed by atoms with Crippen molar-refractivity contribution in [1.82, 2.24) is 0 Å². The van der Waals surface area contributed by atoms with Gasteiger partial charge in [-0.15, -0.1) is 0 Å². The fourth-order valence-electron chi connectivity index (χ4n) is 5.38. The van der Waals surface area contributed by atoms with Gasteiger partial charge in [0.2, 0.25) is 0 Å². The van der Waals surface area contributed by atoms with Crippen molar-refractivity contribution >= 4 is 40.5 Å². The second kappa shape index (κ2) is 13.2. The number of benzene rings is 4. The van der Waals surface area contributed by atoms with E-state index in [1.165, 1.54) is 0 Å². The van der Waals surface area contributed by atoms with E-state index in [1.807, 2.05) is 97.9 Å². The molecule has 1 N–H and O–H groups in total. The van der Waals surface area contributed by atoms with Gasteiger partial charge in [-0.1, -0.05) is 47.5 Å². The number of methoxy groups -OCH3 is 2. The monoisotopic (exact) mass is 602 g/mol. The van der Waals surface area contributed by atoms with Crippen molar-refractivity contribution in [2.45, 2.75) is 25.4 Å². The SMILES string of the molecule is CCOC(=O)C1=C(Nc2ccc(OC)cc2)CC(c2cccc(Cl)c2)N(c2ccc(OC)cc2)C1c1cccc(Cl)c1. The number of carbonyl (C=O) groups excluding carboxylic acids is 1. The molecule has 4 aromatic carbocycles. The van der Waals surface area contributed by atoms with Crippen molar-refractivity contribution in [2.24, 2.45) is 0 Å². The van der Waals surface area contributed by atoms with Crippen LogP contribution in [0.5, 0.6) is 11.5 Å². The average molecular weight is 604 g/mol. The van der Waals surface area contributed by atoms with Crippen LogP contribution >= 0.6 is 23.2 Å². The van der Waals surface area contributed by atoms with Gasteiger partial charge < -0.3 is 24.4 Å². The summed E-state index contributed by atoms with van der Waals surface area (Å²) in [5, 5.41) is 4.75. The van der Waals surface area contributed by atoms with Crippen LogP contribution in [0.3, 0.4) is 0 Å². The molecule has 8 heteroatoms. The lowest BCUT2D eigenvalue weighted by molar-refractivity contribution is -0.139. The van der Waals surface area contributed by atoms with Gasteiger partial charge >= 0.3 is 5.97 Å². The maximum atomic E-state index is 13.9. The van der Waals surface area contributed by atoms with Crippen LogP contribution in [0.1, 0.15) is 36.6 Å². The van der Waals surface area contributed by atoms with Crippen LogP contribution in [0.15, 0.2) is 108 Å². The highest BCUT2D eigenvalue weighted by Crippen LogP contribution is 2.49. The first kappa shape index (κ1) is 29.4. The van der Waals surface area contributed by atoms with Crippen molar-refractivity contribution in [2.75, 3.05) is 31.0 Å². The smallest absolute Gasteiger partial charge is 0.338 e. The highest BCUT2D eigenvalue weighted by Gasteiger charge is 2.42. The molecule has 6 nitrogen and oxygen atoms in total. The lowest BCUT2D eigenvalue weighted by Gasteiger charge is -2.46. The number of carbonyl (C=O) groups is 1. The molecule has 0 saturated heterocycles. The number of anilines is 2. The zero-order valence-electron chi connectivity index (χ0n) is 23.6. The van der Waals surface area contributed by atoms with Crippen LogP contribution in [0.25, 0.3) is 0 Å². The van der Waals surface area contributed by atoms with Crippen LogP contribution in [0.4, 0.5) is 11.4 Å². The zero-order chi connectivity index (χ0) is 29.6. The highest BCUT2D eigenvalue weighted by molar-refractivity contribution is 6.31. The van der Waals surface area contributed by atoms with E-state index in [0.29, 0.717) is 22.0 Å². The molecule has 0 aromatic heterocycles. The Morgan fingerprint density at radius 1 is 0.833 bits per heavy atom. The molecule has 1 heterocycles. The van der Waals surface area contributed by atoms with Gasteiger partial charge in [0.15, 0.2) is 0 Å². The van der Waals surface area contributed by atoms with Gasteiger partial charge in [0, 0.05) is 33.5 Å². The maximum absolute atomic E-state index is 13.9. The molecule has 0 fully saturated rings. The Hall–Kier alpha value is -4.13. The van der Waals surface area contributed by atoms with Crippen molar-refractivity contribution < 1.29 is 19.0 Å². The predicted octanol–water partition coefficient (Wildman–Crippen LogP) is 8.63. The van der Waals surface area contributed by atoms with Gasteiger partial charge in [0.05, 0.1) is 38.5 Å². The van der Waals surface area contributed by atoms with E-state index >= 15 is 0 Å². The van der Waals surface area contributed by atoms with Crippen LogP contribution in [-0.2, 0) is 9.53 Å². The third kappa shape index (κ3) is 6.35. The molecule has 216 valence electrons. The van der Waals surface area contributed by atoms with Gasteiger partial charge in [-0.05, 0) is 90.8 Å². The first-order valence-corrected chi connectivity index (χ1v) is 14.4. The standard InChI is InChI=1S/C34H32Cl2N2O4/c1-4-42-34(39)32-30(37-26-11-15-28(40-2)16-12-26)21-31(22-7-5-9-24(35)19-22)38(27-13-17-29(41-3)18-14-27)33(32)23-8-6-10-25(36)20-23/h5-20,31,33,37H,4,21H2,1-3H3. The molecule has 4 aromatic rings. The van der Waals surface area contributed by atoms with Gasteiger partial charge in [0.1, 0.15) is 11.5 Å². The van der Waals surface area contributed by atoms with Crippen LogP contribution < -0.4 is 19.7 Å². The summed E-state index contributed by atoms with van der Waals surface area (Å²) in [4.78, 5) is 16.1. The fraction of sp³-hybridized carbons (Fsp3) is 0.206. The summed E-state index contributed by atoms with van der Waals surface area (Å²) in [6, 6.07) is 30.1. The molecule has 2 unspecified atom stereocenters. The molecule has 0 bridgehead atoms. The summed E-state index contributed by atoms with van der Waals surface area (Å²) in [6.45, 7) is 2.04. The number of ether oxygens (including phenoxy) is 3.